The van der Waals surface area contributed by atoms with Crippen LogP contribution in [0, 0.1) is 6.92 Å². The average Bonchev–Trinajstić information content (AvgIpc) is 3.26. The van der Waals surface area contributed by atoms with Gasteiger partial charge in [0.05, 0.1) is 20.3 Å². The van der Waals surface area contributed by atoms with Gasteiger partial charge in [-0.05, 0) is 52.2 Å². The molecule has 1 amide bonds. The third-order valence-electron chi connectivity index (χ3n) is 4.94. The number of nitrogens with zero attached hydrogens (tertiary/aromatic N) is 1. The molecule has 31 heavy (non-hydrogen) atoms. The minimum Gasteiger partial charge on any atom is -0.347 e. The van der Waals surface area contributed by atoms with Crippen molar-refractivity contribution in [3.05, 3.63) is 92.4 Å². The summed E-state index contributed by atoms with van der Waals surface area (Å²) in [4.78, 5) is 13.0. The molecule has 2 aromatic carbocycles. The zero-order chi connectivity index (χ0) is 22.2. The number of aryl methyl sites for hydroxylation is 1. The summed E-state index contributed by atoms with van der Waals surface area (Å²) < 4.78 is 42.6. The molecule has 3 nitrogen and oxygen atoms in total. The number of carbonyl (C=O) groups is 1. The summed E-state index contributed by atoms with van der Waals surface area (Å²) in [6.07, 6.45) is -4.42. The van der Waals surface area contributed by atoms with Crippen molar-refractivity contribution in [1.29, 1.82) is 0 Å². The van der Waals surface area contributed by atoms with Crippen LogP contribution in [0.15, 0.2) is 64.5 Å². The Balaban J connectivity index is 1.61. The lowest BCUT2D eigenvalue weighted by Crippen LogP contribution is -2.26. The van der Waals surface area contributed by atoms with E-state index >= 15 is 0 Å². The molecule has 1 N–H and O–H groups in total. The standard InChI is InChI=1S/C23H18BrF3N2OS/c1-14-4-2-6-16(8-14)12-29-19(10-20-21(29)18(24)13-31-20)22(30)28-11-15-5-3-7-17(9-15)23(25,26)27/h2-10,13H,11-12H2,1H3,(H,28,30). The van der Waals surface area contributed by atoms with Crippen LogP contribution in [0.25, 0.3) is 10.2 Å². The van der Waals surface area contributed by atoms with Crippen molar-refractivity contribution >= 4 is 43.4 Å². The molecule has 0 fully saturated rings. The first-order valence-corrected chi connectivity index (χ1v) is 11.2. The molecular formula is C23H18BrF3N2OS. The zero-order valence-electron chi connectivity index (χ0n) is 16.5. The highest BCUT2D eigenvalue weighted by Crippen LogP contribution is 2.34. The monoisotopic (exact) mass is 506 g/mol. The Labute approximate surface area is 189 Å². The molecule has 0 atom stereocenters. The number of aromatic nitrogens is 1. The van der Waals surface area contributed by atoms with Gasteiger partial charge in [-0.15, -0.1) is 11.3 Å². The second kappa shape index (κ2) is 8.51. The Hall–Kier alpha value is -2.58. The predicted octanol–water partition coefficient (Wildman–Crippen LogP) is 6.77. The first-order chi connectivity index (χ1) is 14.7. The van der Waals surface area contributed by atoms with Gasteiger partial charge < -0.3 is 9.88 Å². The molecule has 0 aliphatic heterocycles. The number of thiophene rings is 1. The van der Waals surface area contributed by atoms with Gasteiger partial charge in [-0.2, -0.15) is 13.2 Å². The van der Waals surface area contributed by atoms with Crippen LogP contribution in [0.2, 0.25) is 0 Å². The lowest BCUT2D eigenvalue weighted by Gasteiger charge is -2.13. The van der Waals surface area contributed by atoms with E-state index in [0.717, 1.165) is 37.9 Å². The van der Waals surface area contributed by atoms with Crippen molar-refractivity contribution in [2.45, 2.75) is 26.2 Å². The van der Waals surface area contributed by atoms with Gasteiger partial charge in [0, 0.05) is 18.5 Å². The van der Waals surface area contributed by atoms with Crippen LogP contribution in [0.3, 0.4) is 0 Å². The number of benzene rings is 2. The third kappa shape index (κ3) is 4.70. The SMILES string of the molecule is Cc1cccc(Cn2c(C(=O)NCc3cccc(C(F)(F)F)c3)cc3scc(Br)c32)c1. The number of hydrogen-bond donors (Lipinski definition) is 1. The molecule has 160 valence electrons. The van der Waals surface area contributed by atoms with Crippen LogP contribution in [0.4, 0.5) is 13.2 Å². The van der Waals surface area contributed by atoms with Gasteiger partial charge in [0.15, 0.2) is 0 Å². The highest BCUT2D eigenvalue weighted by molar-refractivity contribution is 9.10. The number of rotatable bonds is 5. The fraction of sp³-hybridized carbons (Fsp3) is 0.174. The van der Waals surface area contributed by atoms with E-state index in [4.69, 9.17) is 0 Å². The van der Waals surface area contributed by atoms with Crippen molar-refractivity contribution in [3.8, 4) is 0 Å². The Morgan fingerprint density at radius 2 is 1.84 bits per heavy atom. The van der Waals surface area contributed by atoms with Gasteiger partial charge in [0.2, 0.25) is 0 Å². The summed E-state index contributed by atoms with van der Waals surface area (Å²) in [5.41, 5.74) is 3.24. The van der Waals surface area contributed by atoms with E-state index in [-0.39, 0.29) is 12.5 Å². The number of hydrogen-bond acceptors (Lipinski definition) is 2. The molecule has 4 rings (SSSR count). The van der Waals surface area contributed by atoms with Crippen molar-refractivity contribution < 1.29 is 18.0 Å². The maximum Gasteiger partial charge on any atom is 0.416 e. The molecule has 0 aliphatic carbocycles. The quantitative estimate of drug-likeness (QED) is 0.318. The van der Waals surface area contributed by atoms with Gasteiger partial charge in [0.25, 0.3) is 5.91 Å². The van der Waals surface area contributed by atoms with Crippen LogP contribution < -0.4 is 5.32 Å². The second-order valence-electron chi connectivity index (χ2n) is 7.28. The smallest absolute Gasteiger partial charge is 0.347 e. The Morgan fingerprint density at radius 1 is 1.10 bits per heavy atom. The zero-order valence-corrected chi connectivity index (χ0v) is 18.9. The maximum absolute atomic E-state index is 13.0. The molecule has 0 saturated heterocycles. The van der Waals surface area contributed by atoms with Crippen LogP contribution >= 0.6 is 27.3 Å². The molecule has 0 aliphatic rings. The number of carbonyl (C=O) groups excluding carboxylic acids is 1. The van der Waals surface area contributed by atoms with Crippen molar-refractivity contribution in [2.24, 2.45) is 0 Å². The minimum absolute atomic E-state index is 0.00714. The molecule has 0 radical (unpaired) electrons. The predicted molar refractivity (Wildman–Crippen MR) is 120 cm³/mol. The number of fused-ring (bicyclic) bond motifs is 1. The molecular weight excluding hydrogens is 489 g/mol. The highest BCUT2D eigenvalue weighted by Gasteiger charge is 2.30. The van der Waals surface area contributed by atoms with E-state index in [2.05, 4.69) is 27.3 Å². The molecule has 8 heteroatoms. The summed E-state index contributed by atoms with van der Waals surface area (Å²) in [5.74, 6) is -0.333. The van der Waals surface area contributed by atoms with Gasteiger partial charge in [-0.3, -0.25) is 4.79 Å². The van der Waals surface area contributed by atoms with Gasteiger partial charge >= 0.3 is 6.18 Å². The molecule has 2 aromatic heterocycles. The van der Waals surface area contributed by atoms with Crippen LogP contribution in [-0.2, 0) is 19.3 Å². The van der Waals surface area contributed by atoms with E-state index in [1.54, 1.807) is 6.07 Å². The lowest BCUT2D eigenvalue weighted by atomic mass is 10.1. The van der Waals surface area contributed by atoms with Gasteiger partial charge in [-0.1, -0.05) is 42.0 Å². The third-order valence-corrected chi connectivity index (χ3v) is 6.77. The number of nitrogens with one attached hydrogen (secondary N) is 1. The van der Waals surface area contributed by atoms with Crippen molar-refractivity contribution in [1.82, 2.24) is 9.88 Å². The number of amides is 1. The lowest BCUT2D eigenvalue weighted by molar-refractivity contribution is -0.137. The van der Waals surface area contributed by atoms with E-state index < -0.39 is 11.7 Å². The van der Waals surface area contributed by atoms with Crippen LogP contribution in [0.5, 0.6) is 0 Å². The number of halogens is 4. The summed E-state index contributed by atoms with van der Waals surface area (Å²) in [6.45, 7) is 2.53. The fourth-order valence-electron chi connectivity index (χ4n) is 3.51. The fourth-order valence-corrected chi connectivity index (χ4v) is 5.20. The van der Waals surface area contributed by atoms with E-state index in [9.17, 15) is 18.0 Å². The first-order valence-electron chi connectivity index (χ1n) is 9.48. The molecule has 2 heterocycles. The van der Waals surface area contributed by atoms with Gasteiger partial charge in [0.1, 0.15) is 5.69 Å². The minimum atomic E-state index is -4.42. The summed E-state index contributed by atoms with van der Waals surface area (Å²) >= 11 is 5.09. The summed E-state index contributed by atoms with van der Waals surface area (Å²) in [7, 11) is 0. The Bertz CT molecular complexity index is 1260. The molecule has 0 saturated carbocycles. The Kier molecular flexibility index (Phi) is 5.94. The van der Waals surface area contributed by atoms with Crippen molar-refractivity contribution in [3.63, 3.8) is 0 Å². The largest absolute Gasteiger partial charge is 0.416 e. The van der Waals surface area contributed by atoms with E-state index in [0.29, 0.717) is 17.8 Å². The molecule has 0 unspecified atom stereocenters. The Morgan fingerprint density at radius 3 is 2.58 bits per heavy atom. The van der Waals surface area contributed by atoms with Crippen LogP contribution in [-0.4, -0.2) is 10.5 Å². The van der Waals surface area contributed by atoms with E-state index in [1.807, 2.05) is 41.1 Å². The second-order valence-corrected chi connectivity index (χ2v) is 9.05. The summed E-state index contributed by atoms with van der Waals surface area (Å²) in [6, 6.07) is 14.9. The maximum atomic E-state index is 13.0. The topological polar surface area (TPSA) is 34.0 Å². The number of alkyl halides is 3. The first kappa shape index (κ1) is 21.6. The summed E-state index contributed by atoms with van der Waals surface area (Å²) in [5, 5.41) is 4.74. The molecule has 0 spiro atoms. The van der Waals surface area contributed by atoms with E-state index in [1.165, 1.54) is 17.4 Å². The normalized spacial score (nSPS) is 11.8. The average molecular weight is 507 g/mol. The molecule has 0 bridgehead atoms. The van der Waals surface area contributed by atoms with Gasteiger partial charge in [-0.25, -0.2) is 0 Å². The highest BCUT2D eigenvalue weighted by atomic mass is 79.9. The molecule has 4 aromatic rings. The van der Waals surface area contributed by atoms with Crippen LogP contribution in [0.1, 0.15) is 32.7 Å². The van der Waals surface area contributed by atoms with Crippen molar-refractivity contribution in [2.75, 3.05) is 0 Å².